The maximum Gasteiger partial charge on any atom is 0.258 e. The molecule has 0 bridgehead atoms. The molecule has 1 amide bonds. The Morgan fingerprint density at radius 3 is 2.74 bits per heavy atom. The van der Waals surface area contributed by atoms with Crippen LogP contribution in [-0.2, 0) is 0 Å². The lowest BCUT2D eigenvalue weighted by molar-refractivity contribution is 0.0939. The van der Waals surface area contributed by atoms with Crippen molar-refractivity contribution in [1.82, 2.24) is 5.32 Å². The number of hydrogen-bond acceptors (Lipinski definition) is 2. The van der Waals surface area contributed by atoms with Crippen LogP contribution in [0.25, 0.3) is 0 Å². The van der Waals surface area contributed by atoms with Crippen LogP contribution in [0.2, 0.25) is 0 Å². The summed E-state index contributed by atoms with van der Waals surface area (Å²) in [5.74, 6) is -1.17. The van der Waals surface area contributed by atoms with Crippen molar-refractivity contribution in [2.75, 3.05) is 6.54 Å². The molecule has 1 rings (SSSR count). The van der Waals surface area contributed by atoms with E-state index in [-0.39, 0.29) is 11.3 Å². The van der Waals surface area contributed by atoms with Gasteiger partial charge in [0.1, 0.15) is 17.1 Å². The molecule has 1 aromatic carbocycles. The van der Waals surface area contributed by atoms with E-state index < -0.39 is 11.7 Å². The molecule has 0 aliphatic heterocycles. The minimum absolute atomic E-state index is 0.271. The summed E-state index contributed by atoms with van der Waals surface area (Å²) < 4.78 is 13.5. The third-order valence-corrected chi connectivity index (χ3v) is 3.31. The van der Waals surface area contributed by atoms with Gasteiger partial charge in [-0.2, -0.15) is 0 Å². The zero-order valence-electron chi connectivity index (χ0n) is 11.6. The summed E-state index contributed by atoms with van der Waals surface area (Å²) in [5, 5.41) is 12.2. The van der Waals surface area contributed by atoms with Crippen molar-refractivity contribution in [2.24, 2.45) is 5.92 Å². The largest absolute Gasteiger partial charge is 0.507 e. The lowest BCUT2D eigenvalue weighted by atomic mass is 9.99. The standard InChI is InChI=1S/C15H22FNO2/c1-3-5-7-11(4-2)10-17-15(19)14-12(16)8-6-9-13(14)18/h6,8-9,11,18H,3-5,7,10H2,1-2H3,(H,17,19). The summed E-state index contributed by atoms with van der Waals surface area (Å²) in [6, 6.07) is 3.85. The minimum Gasteiger partial charge on any atom is -0.507 e. The topological polar surface area (TPSA) is 49.3 Å². The highest BCUT2D eigenvalue weighted by atomic mass is 19.1. The number of carbonyl (C=O) groups is 1. The number of amides is 1. The van der Waals surface area contributed by atoms with Gasteiger partial charge in [-0.25, -0.2) is 4.39 Å². The average Bonchev–Trinajstić information content (AvgIpc) is 2.38. The Labute approximate surface area is 113 Å². The molecular formula is C15H22FNO2. The van der Waals surface area contributed by atoms with Crippen LogP contribution in [0.4, 0.5) is 4.39 Å². The third-order valence-electron chi connectivity index (χ3n) is 3.31. The predicted octanol–water partition coefficient (Wildman–Crippen LogP) is 3.48. The molecule has 0 aliphatic carbocycles. The Hall–Kier alpha value is -1.58. The van der Waals surface area contributed by atoms with Crippen molar-refractivity contribution in [2.45, 2.75) is 39.5 Å². The Balaban J connectivity index is 2.59. The number of hydrogen-bond donors (Lipinski definition) is 2. The first kappa shape index (κ1) is 15.5. The molecule has 0 aromatic heterocycles. The van der Waals surface area contributed by atoms with E-state index in [2.05, 4.69) is 19.2 Å². The van der Waals surface area contributed by atoms with Gasteiger partial charge < -0.3 is 10.4 Å². The second kappa shape index (κ2) is 7.77. The highest BCUT2D eigenvalue weighted by Crippen LogP contribution is 2.20. The molecule has 1 unspecified atom stereocenters. The fraction of sp³-hybridized carbons (Fsp3) is 0.533. The summed E-state index contributed by atoms with van der Waals surface area (Å²) in [6.45, 7) is 4.72. The SMILES string of the molecule is CCCCC(CC)CNC(=O)c1c(O)cccc1F. The number of halogens is 1. The van der Waals surface area contributed by atoms with E-state index in [1.165, 1.54) is 18.2 Å². The van der Waals surface area contributed by atoms with Crippen molar-refractivity contribution >= 4 is 5.91 Å². The molecule has 19 heavy (non-hydrogen) atoms. The third kappa shape index (κ3) is 4.54. The quantitative estimate of drug-likeness (QED) is 0.794. The number of aromatic hydroxyl groups is 1. The van der Waals surface area contributed by atoms with Crippen LogP contribution < -0.4 is 5.32 Å². The maximum atomic E-state index is 13.5. The maximum absolute atomic E-state index is 13.5. The number of nitrogens with one attached hydrogen (secondary N) is 1. The van der Waals surface area contributed by atoms with Gasteiger partial charge in [-0.05, 0) is 24.5 Å². The van der Waals surface area contributed by atoms with Gasteiger partial charge in [0, 0.05) is 6.54 Å². The van der Waals surface area contributed by atoms with Gasteiger partial charge in [0.05, 0.1) is 0 Å². The number of unbranched alkanes of at least 4 members (excludes halogenated alkanes) is 1. The summed E-state index contributed by atoms with van der Waals surface area (Å²) in [4.78, 5) is 11.9. The number of phenols is 1. The van der Waals surface area contributed by atoms with Gasteiger partial charge in [0.15, 0.2) is 0 Å². The molecule has 4 heteroatoms. The number of benzene rings is 1. The molecule has 0 aliphatic rings. The molecule has 0 saturated carbocycles. The molecule has 1 aromatic rings. The zero-order valence-corrected chi connectivity index (χ0v) is 11.6. The predicted molar refractivity (Wildman–Crippen MR) is 73.7 cm³/mol. The highest BCUT2D eigenvalue weighted by Gasteiger charge is 2.17. The van der Waals surface area contributed by atoms with Crippen molar-refractivity contribution in [3.05, 3.63) is 29.6 Å². The average molecular weight is 267 g/mol. The molecule has 3 nitrogen and oxygen atoms in total. The van der Waals surface area contributed by atoms with Gasteiger partial charge in [-0.1, -0.05) is 39.2 Å². The molecule has 0 radical (unpaired) electrons. The van der Waals surface area contributed by atoms with E-state index in [4.69, 9.17) is 0 Å². The van der Waals surface area contributed by atoms with Crippen molar-refractivity contribution < 1.29 is 14.3 Å². The molecule has 0 spiro atoms. The summed E-state index contributed by atoms with van der Waals surface area (Å²) >= 11 is 0. The Bertz CT molecular complexity index is 400. The second-order valence-electron chi connectivity index (χ2n) is 4.76. The van der Waals surface area contributed by atoms with E-state index in [1.807, 2.05) is 0 Å². The monoisotopic (exact) mass is 267 g/mol. The van der Waals surface area contributed by atoms with E-state index in [0.29, 0.717) is 12.5 Å². The van der Waals surface area contributed by atoms with Gasteiger partial charge >= 0.3 is 0 Å². The molecular weight excluding hydrogens is 245 g/mol. The summed E-state index contributed by atoms with van der Waals surface area (Å²) in [6.07, 6.45) is 4.28. The first-order chi connectivity index (χ1) is 9.10. The zero-order chi connectivity index (χ0) is 14.3. The van der Waals surface area contributed by atoms with Gasteiger partial charge in [0.25, 0.3) is 5.91 Å². The Morgan fingerprint density at radius 1 is 1.42 bits per heavy atom. The van der Waals surface area contributed by atoms with Crippen molar-refractivity contribution in [3.63, 3.8) is 0 Å². The first-order valence-corrected chi connectivity index (χ1v) is 6.85. The van der Waals surface area contributed by atoms with Gasteiger partial charge in [0.2, 0.25) is 0 Å². The smallest absolute Gasteiger partial charge is 0.258 e. The Kier molecular flexibility index (Phi) is 6.33. The Morgan fingerprint density at radius 2 is 2.16 bits per heavy atom. The van der Waals surface area contributed by atoms with Crippen LogP contribution in [-0.4, -0.2) is 17.6 Å². The fourth-order valence-corrected chi connectivity index (χ4v) is 2.01. The molecule has 0 heterocycles. The normalized spacial score (nSPS) is 12.2. The van der Waals surface area contributed by atoms with Gasteiger partial charge in [-0.3, -0.25) is 4.79 Å². The lowest BCUT2D eigenvalue weighted by Gasteiger charge is -2.15. The van der Waals surface area contributed by atoms with E-state index in [1.54, 1.807) is 0 Å². The number of phenolic OH excluding ortho intramolecular Hbond substituents is 1. The van der Waals surface area contributed by atoms with Crippen LogP contribution in [0.5, 0.6) is 5.75 Å². The fourth-order valence-electron chi connectivity index (χ4n) is 2.01. The summed E-state index contributed by atoms with van der Waals surface area (Å²) in [7, 11) is 0. The second-order valence-corrected chi connectivity index (χ2v) is 4.76. The molecule has 1 atom stereocenters. The minimum atomic E-state index is -0.695. The number of rotatable bonds is 7. The summed E-state index contributed by atoms with van der Waals surface area (Å²) in [5.41, 5.74) is -0.271. The molecule has 106 valence electrons. The van der Waals surface area contributed by atoms with E-state index in [0.717, 1.165) is 25.7 Å². The highest BCUT2D eigenvalue weighted by molar-refractivity contribution is 5.97. The van der Waals surface area contributed by atoms with Crippen LogP contribution in [0, 0.1) is 11.7 Å². The van der Waals surface area contributed by atoms with Gasteiger partial charge in [-0.15, -0.1) is 0 Å². The van der Waals surface area contributed by atoms with E-state index >= 15 is 0 Å². The molecule has 0 saturated heterocycles. The molecule has 0 fully saturated rings. The number of carbonyl (C=O) groups excluding carboxylic acids is 1. The van der Waals surface area contributed by atoms with Crippen molar-refractivity contribution in [3.8, 4) is 5.75 Å². The van der Waals surface area contributed by atoms with Crippen LogP contribution >= 0.6 is 0 Å². The van der Waals surface area contributed by atoms with Crippen LogP contribution in [0.3, 0.4) is 0 Å². The van der Waals surface area contributed by atoms with Crippen LogP contribution in [0.1, 0.15) is 49.9 Å². The first-order valence-electron chi connectivity index (χ1n) is 6.85. The van der Waals surface area contributed by atoms with Crippen LogP contribution in [0.15, 0.2) is 18.2 Å². The van der Waals surface area contributed by atoms with E-state index in [9.17, 15) is 14.3 Å². The lowest BCUT2D eigenvalue weighted by Crippen LogP contribution is -2.29. The van der Waals surface area contributed by atoms with Crippen molar-refractivity contribution in [1.29, 1.82) is 0 Å². The molecule has 2 N–H and O–H groups in total.